The summed E-state index contributed by atoms with van der Waals surface area (Å²) in [6.45, 7) is 10.3. The first-order valence-corrected chi connectivity index (χ1v) is 14.0. The van der Waals surface area contributed by atoms with Crippen molar-refractivity contribution in [3.63, 3.8) is 0 Å². The summed E-state index contributed by atoms with van der Waals surface area (Å²) in [6.07, 6.45) is 6.72. The molecule has 2 aromatic carbocycles. The van der Waals surface area contributed by atoms with Gasteiger partial charge in [0.1, 0.15) is 5.60 Å². The maximum Gasteiger partial charge on any atom is 0.407 e. The largest absolute Gasteiger partial charge is 0.493 e. The molecule has 1 unspecified atom stereocenters. The minimum Gasteiger partial charge on any atom is -0.493 e. The first kappa shape index (κ1) is 27.0. The Morgan fingerprint density at radius 2 is 1.87 bits per heavy atom. The Balaban J connectivity index is 1.22. The Morgan fingerprint density at radius 3 is 2.64 bits per heavy atom. The van der Waals surface area contributed by atoms with Gasteiger partial charge in [0.05, 0.1) is 19.8 Å². The molecule has 0 radical (unpaired) electrons. The van der Waals surface area contributed by atoms with Crippen LogP contribution < -0.4 is 24.3 Å². The molecule has 0 aliphatic carbocycles. The van der Waals surface area contributed by atoms with Crippen LogP contribution in [0, 0.1) is 0 Å². The van der Waals surface area contributed by atoms with Gasteiger partial charge >= 0.3 is 6.09 Å². The zero-order valence-electron chi connectivity index (χ0n) is 23.7. The third kappa shape index (κ3) is 5.89. The van der Waals surface area contributed by atoms with E-state index in [0.29, 0.717) is 13.2 Å². The van der Waals surface area contributed by atoms with E-state index in [1.165, 1.54) is 22.4 Å². The van der Waals surface area contributed by atoms with Gasteiger partial charge in [-0.15, -0.1) is 0 Å². The first-order valence-electron chi connectivity index (χ1n) is 14.0. The molecule has 0 aromatic heterocycles. The van der Waals surface area contributed by atoms with Gasteiger partial charge in [-0.3, -0.25) is 0 Å². The number of amides is 1. The number of unbranched alkanes of at least 4 members (excludes halogenated alkanes) is 3. The Kier molecular flexibility index (Phi) is 7.82. The lowest BCUT2D eigenvalue weighted by atomic mass is 9.86. The van der Waals surface area contributed by atoms with Crippen LogP contribution in [0.3, 0.4) is 0 Å². The first-order chi connectivity index (χ1) is 18.7. The predicted octanol–water partition coefficient (Wildman–Crippen LogP) is 6.32. The number of carbonyl (C=O) groups is 1. The maximum atomic E-state index is 11.8. The maximum absolute atomic E-state index is 11.8. The topological polar surface area (TPSA) is 78.5 Å². The van der Waals surface area contributed by atoms with E-state index < -0.39 is 5.60 Å². The van der Waals surface area contributed by atoms with Gasteiger partial charge in [-0.25, -0.2) is 4.79 Å². The number of rotatable bonds is 9. The van der Waals surface area contributed by atoms with Crippen molar-refractivity contribution in [2.24, 2.45) is 0 Å². The van der Waals surface area contributed by atoms with Gasteiger partial charge in [-0.05, 0) is 82.4 Å². The summed E-state index contributed by atoms with van der Waals surface area (Å²) in [6, 6.07) is 8.52. The van der Waals surface area contributed by atoms with Gasteiger partial charge in [-0.2, -0.15) is 0 Å². The van der Waals surface area contributed by atoms with Crippen LogP contribution >= 0.6 is 0 Å². The van der Waals surface area contributed by atoms with Crippen LogP contribution in [0.15, 0.2) is 24.3 Å². The van der Waals surface area contributed by atoms with Crippen LogP contribution in [0.2, 0.25) is 0 Å². The van der Waals surface area contributed by atoms with Gasteiger partial charge in [0.15, 0.2) is 23.0 Å². The van der Waals surface area contributed by atoms with E-state index in [2.05, 4.69) is 41.4 Å². The summed E-state index contributed by atoms with van der Waals surface area (Å²) in [5, 5.41) is 2.82. The van der Waals surface area contributed by atoms with E-state index in [1.807, 2.05) is 26.8 Å². The fourth-order valence-corrected chi connectivity index (χ4v) is 5.53. The SMILES string of the molecule is COc1ccc2c(c1OCCCCCCNC(=O)OC(C)(C)C)C(C)N1CCc3cc4c(cc3C1=C2)OCO4. The van der Waals surface area contributed by atoms with Crippen LogP contribution in [0.1, 0.15) is 81.7 Å². The number of ether oxygens (including phenoxy) is 5. The van der Waals surface area contributed by atoms with Crippen molar-refractivity contribution in [3.8, 4) is 23.0 Å². The highest BCUT2D eigenvalue weighted by Gasteiger charge is 2.34. The predicted molar refractivity (Wildman–Crippen MR) is 150 cm³/mol. The number of hydrogen-bond donors (Lipinski definition) is 1. The lowest BCUT2D eigenvalue weighted by Crippen LogP contribution is -2.34. The van der Waals surface area contributed by atoms with E-state index in [9.17, 15) is 4.79 Å². The Bertz CT molecular complexity index is 1250. The Labute approximate surface area is 231 Å². The number of nitrogens with zero attached hydrogens (tertiary/aromatic N) is 1. The molecule has 0 saturated heterocycles. The molecule has 1 N–H and O–H groups in total. The summed E-state index contributed by atoms with van der Waals surface area (Å²) >= 11 is 0. The number of nitrogens with one attached hydrogen (secondary N) is 1. The zero-order chi connectivity index (χ0) is 27.6. The lowest BCUT2D eigenvalue weighted by molar-refractivity contribution is 0.0527. The van der Waals surface area contributed by atoms with E-state index in [1.54, 1.807) is 7.11 Å². The third-order valence-electron chi connectivity index (χ3n) is 7.38. The van der Waals surface area contributed by atoms with Crippen molar-refractivity contribution in [1.82, 2.24) is 10.2 Å². The van der Waals surface area contributed by atoms with Crippen molar-refractivity contribution in [2.75, 3.05) is 33.6 Å². The normalized spacial score (nSPS) is 17.0. The highest BCUT2D eigenvalue weighted by atomic mass is 16.7. The van der Waals surface area contributed by atoms with Crippen LogP contribution in [-0.2, 0) is 11.2 Å². The molecule has 0 spiro atoms. The Hall–Kier alpha value is -3.55. The number of alkyl carbamates (subject to hydrolysis) is 1. The molecule has 5 rings (SSSR count). The van der Waals surface area contributed by atoms with E-state index in [4.69, 9.17) is 23.7 Å². The second-order valence-electron chi connectivity index (χ2n) is 11.3. The van der Waals surface area contributed by atoms with Gasteiger partial charge in [-0.1, -0.05) is 18.9 Å². The molecular weight excluding hydrogens is 496 g/mol. The van der Waals surface area contributed by atoms with E-state index in [-0.39, 0.29) is 18.9 Å². The highest BCUT2D eigenvalue weighted by Crippen LogP contribution is 2.49. The number of fused-ring (bicyclic) bond motifs is 5. The highest BCUT2D eigenvalue weighted by molar-refractivity contribution is 5.88. The second-order valence-corrected chi connectivity index (χ2v) is 11.3. The molecule has 1 amide bonds. The van der Waals surface area contributed by atoms with Crippen molar-refractivity contribution in [3.05, 3.63) is 46.5 Å². The monoisotopic (exact) mass is 536 g/mol. The molecule has 3 aliphatic rings. The number of hydrogen-bond acceptors (Lipinski definition) is 7. The van der Waals surface area contributed by atoms with Crippen molar-refractivity contribution in [1.29, 1.82) is 0 Å². The lowest BCUT2D eigenvalue weighted by Gasteiger charge is -2.42. The second kappa shape index (κ2) is 11.3. The van der Waals surface area contributed by atoms with Crippen LogP contribution in [0.4, 0.5) is 4.79 Å². The fourth-order valence-electron chi connectivity index (χ4n) is 5.53. The summed E-state index contributed by atoms with van der Waals surface area (Å²) < 4.78 is 28.7. The van der Waals surface area contributed by atoms with Gasteiger partial charge in [0.2, 0.25) is 6.79 Å². The molecule has 8 nitrogen and oxygen atoms in total. The molecule has 3 aliphatic heterocycles. The molecule has 39 heavy (non-hydrogen) atoms. The van der Waals surface area contributed by atoms with Crippen LogP contribution in [-0.4, -0.2) is 50.2 Å². The summed E-state index contributed by atoms with van der Waals surface area (Å²) in [7, 11) is 1.70. The molecule has 3 heterocycles. The Morgan fingerprint density at radius 1 is 1.10 bits per heavy atom. The van der Waals surface area contributed by atoms with Gasteiger partial charge in [0.25, 0.3) is 0 Å². The zero-order valence-corrected chi connectivity index (χ0v) is 23.7. The molecule has 210 valence electrons. The van der Waals surface area contributed by atoms with Crippen molar-refractivity contribution >= 4 is 17.9 Å². The summed E-state index contributed by atoms with van der Waals surface area (Å²) in [5.74, 6) is 3.25. The average Bonchev–Trinajstić information content (AvgIpc) is 3.35. The number of carbonyl (C=O) groups excluding carboxylic acids is 1. The summed E-state index contributed by atoms with van der Waals surface area (Å²) in [4.78, 5) is 14.2. The third-order valence-corrected chi connectivity index (χ3v) is 7.38. The van der Waals surface area contributed by atoms with Gasteiger partial charge < -0.3 is 33.9 Å². The molecule has 8 heteroatoms. The average molecular weight is 537 g/mol. The van der Waals surface area contributed by atoms with Crippen LogP contribution in [0.5, 0.6) is 23.0 Å². The minimum absolute atomic E-state index is 0.141. The van der Waals surface area contributed by atoms with E-state index in [0.717, 1.165) is 67.2 Å². The van der Waals surface area contributed by atoms with Crippen LogP contribution in [0.25, 0.3) is 11.8 Å². The molecule has 0 fully saturated rings. The molecule has 0 bridgehead atoms. The summed E-state index contributed by atoms with van der Waals surface area (Å²) in [5.41, 5.74) is 5.57. The van der Waals surface area contributed by atoms with Crippen molar-refractivity contribution < 1.29 is 28.5 Å². The fraction of sp³-hybridized carbons (Fsp3) is 0.516. The number of benzene rings is 2. The van der Waals surface area contributed by atoms with Gasteiger partial charge in [0, 0.05) is 29.9 Å². The molecule has 0 saturated carbocycles. The quantitative estimate of drug-likeness (QED) is 0.376. The smallest absolute Gasteiger partial charge is 0.407 e. The minimum atomic E-state index is -0.475. The number of methoxy groups -OCH3 is 1. The molecule has 1 atom stereocenters. The van der Waals surface area contributed by atoms with Crippen molar-refractivity contribution in [2.45, 2.75) is 71.4 Å². The standard InChI is InChI=1S/C31H40N2O6/c1-20-28-22(16-24-23-18-27-26(37-19-38-27)17-21(23)12-14-33(20)24)10-11-25(35-5)29(28)36-15-9-7-6-8-13-32-30(34)39-31(2,3)4/h10-11,16-18,20H,6-9,12-15,19H2,1-5H3,(H,32,34). The molecular formula is C31H40N2O6. The van der Waals surface area contributed by atoms with E-state index >= 15 is 0 Å². The molecule has 2 aromatic rings.